The molecule has 10 nitrogen and oxygen atoms in total. The van der Waals surface area contributed by atoms with Crippen molar-refractivity contribution >= 4 is 41.8 Å². The first kappa shape index (κ1) is 27.5. The molecule has 1 amide bonds. The van der Waals surface area contributed by atoms with Gasteiger partial charge in [0.25, 0.3) is 0 Å². The van der Waals surface area contributed by atoms with Crippen molar-refractivity contribution in [1.29, 1.82) is 0 Å². The summed E-state index contributed by atoms with van der Waals surface area (Å²) < 4.78 is 11.2. The van der Waals surface area contributed by atoms with E-state index in [-0.39, 0.29) is 36.0 Å². The van der Waals surface area contributed by atoms with Crippen LogP contribution in [0.4, 0.5) is 5.95 Å². The average Bonchev–Trinajstić information content (AvgIpc) is 3.35. The molecule has 3 rings (SSSR count). The molecule has 0 bridgehead atoms. The fourth-order valence-electron chi connectivity index (χ4n) is 3.75. The molecular formula is C22H38IN7O3. The fourth-order valence-corrected chi connectivity index (χ4v) is 3.75. The van der Waals surface area contributed by atoms with Gasteiger partial charge in [0, 0.05) is 77.8 Å². The molecule has 1 atom stereocenters. The van der Waals surface area contributed by atoms with Crippen LogP contribution in [0.1, 0.15) is 32.6 Å². The zero-order valence-electron chi connectivity index (χ0n) is 19.6. The molecule has 2 fully saturated rings. The molecule has 1 aromatic rings. The van der Waals surface area contributed by atoms with Gasteiger partial charge >= 0.3 is 0 Å². The number of ether oxygens (including phenoxy) is 2. The van der Waals surface area contributed by atoms with Crippen LogP contribution in [0.25, 0.3) is 0 Å². The number of nitrogens with zero attached hydrogens (tertiary/aromatic N) is 5. The first-order chi connectivity index (χ1) is 15.8. The highest BCUT2D eigenvalue weighted by atomic mass is 127. The summed E-state index contributed by atoms with van der Waals surface area (Å²) in [7, 11) is 0. The molecule has 2 aliphatic heterocycles. The lowest BCUT2D eigenvalue weighted by Crippen LogP contribution is -2.50. The molecule has 2 N–H and O–H groups in total. The number of carbonyl (C=O) groups excluding carboxylic acids is 1. The molecule has 33 heavy (non-hydrogen) atoms. The van der Waals surface area contributed by atoms with Gasteiger partial charge in [0.05, 0.1) is 12.7 Å². The minimum Gasteiger partial charge on any atom is -0.379 e. The topological polar surface area (TPSA) is 104 Å². The number of aromatic nitrogens is 2. The summed E-state index contributed by atoms with van der Waals surface area (Å²) in [5, 5.41) is 6.49. The highest BCUT2D eigenvalue weighted by Gasteiger charge is 2.22. The first-order valence-corrected chi connectivity index (χ1v) is 11.8. The summed E-state index contributed by atoms with van der Waals surface area (Å²) in [6, 6.07) is 1.81. The van der Waals surface area contributed by atoms with E-state index in [1.54, 1.807) is 12.4 Å². The molecule has 11 heteroatoms. The minimum atomic E-state index is 0. The third-order valence-electron chi connectivity index (χ3n) is 5.49. The molecule has 0 radical (unpaired) electrons. The van der Waals surface area contributed by atoms with Gasteiger partial charge in [0.2, 0.25) is 11.9 Å². The predicted octanol–water partition coefficient (Wildman–Crippen LogP) is 1.27. The van der Waals surface area contributed by atoms with E-state index in [1.165, 1.54) is 0 Å². The number of carbonyl (C=O) groups is 1. The van der Waals surface area contributed by atoms with Gasteiger partial charge in [-0.1, -0.05) is 0 Å². The Morgan fingerprint density at radius 1 is 1.24 bits per heavy atom. The van der Waals surface area contributed by atoms with E-state index in [1.807, 2.05) is 17.9 Å². The van der Waals surface area contributed by atoms with Crippen LogP contribution in [0, 0.1) is 0 Å². The van der Waals surface area contributed by atoms with E-state index in [9.17, 15) is 4.79 Å². The van der Waals surface area contributed by atoms with Gasteiger partial charge in [-0.05, 0) is 32.3 Å². The number of amides is 1. The molecule has 0 aromatic carbocycles. The molecule has 0 spiro atoms. The Labute approximate surface area is 213 Å². The summed E-state index contributed by atoms with van der Waals surface area (Å²) >= 11 is 0. The van der Waals surface area contributed by atoms with E-state index < -0.39 is 0 Å². The van der Waals surface area contributed by atoms with Gasteiger partial charge in [0.1, 0.15) is 0 Å². The second kappa shape index (κ2) is 16.0. The number of hydrogen-bond donors (Lipinski definition) is 2. The summed E-state index contributed by atoms with van der Waals surface area (Å²) in [5.41, 5.74) is 0. The van der Waals surface area contributed by atoms with Crippen molar-refractivity contribution in [1.82, 2.24) is 25.5 Å². The third-order valence-corrected chi connectivity index (χ3v) is 5.49. The molecular weight excluding hydrogens is 537 g/mol. The van der Waals surface area contributed by atoms with Gasteiger partial charge in [-0.25, -0.2) is 9.97 Å². The Morgan fingerprint density at radius 2 is 2.03 bits per heavy atom. The molecule has 2 saturated heterocycles. The van der Waals surface area contributed by atoms with Crippen molar-refractivity contribution in [2.75, 3.05) is 70.5 Å². The van der Waals surface area contributed by atoms with E-state index in [0.29, 0.717) is 45.8 Å². The molecule has 1 aromatic heterocycles. The van der Waals surface area contributed by atoms with Crippen LogP contribution in [-0.4, -0.2) is 98.5 Å². The largest absolute Gasteiger partial charge is 0.379 e. The lowest BCUT2D eigenvalue weighted by atomic mass is 10.2. The summed E-state index contributed by atoms with van der Waals surface area (Å²) in [4.78, 5) is 29.7. The van der Waals surface area contributed by atoms with Crippen molar-refractivity contribution in [3.63, 3.8) is 0 Å². The third kappa shape index (κ3) is 9.97. The molecule has 0 saturated carbocycles. The molecule has 186 valence electrons. The van der Waals surface area contributed by atoms with Gasteiger partial charge in [-0.2, -0.15) is 0 Å². The fraction of sp³-hybridized carbons (Fsp3) is 0.727. The van der Waals surface area contributed by atoms with E-state index >= 15 is 0 Å². The minimum absolute atomic E-state index is 0. The van der Waals surface area contributed by atoms with Gasteiger partial charge in [0.15, 0.2) is 5.96 Å². The highest BCUT2D eigenvalue weighted by Crippen LogP contribution is 2.12. The smallest absolute Gasteiger partial charge is 0.225 e. The van der Waals surface area contributed by atoms with Gasteiger partial charge < -0.3 is 29.9 Å². The Kier molecular flexibility index (Phi) is 13.3. The summed E-state index contributed by atoms with van der Waals surface area (Å²) in [6.45, 7) is 9.15. The van der Waals surface area contributed by atoms with Crippen molar-refractivity contribution in [3.8, 4) is 0 Å². The average molecular weight is 575 g/mol. The van der Waals surface area contributed by atoms with Crippen LogP contribution in [0.3, 0.4) is 0 Å². The number of rotatable bonds is 11. The maximum Gasteiger partial charge on any atom is 0.225 e. The summed E-state index contributed by atoms with van der Waals surface area (Å²) in [5.74, 6) is 1.63. The maximum absolute atomic E-state index is 12.6. The number of nitrogens with one attached hydrogen (secondary N) is 2. The summed E-state index contributed by atoms with van der Waals surface area (Å²) in [6.07, 6.45) is 7.29. The van der Waals surface area contributed by atoms with Crippen LogP contribution in [0.5, 0.6) is 0 Å². The lowest BCUT2D eigenvalue weighted by molar-refractivity contribution is -0.131. The zero-order valence-corrected chi connectivity index (χ0v) is 21.9. The Bertz CT molecular complexity index is 696. The predicted molar refractivity (Wildman–Crippen MR) is 139 cm³/mol. The standard InChI is InChI=1S/C22H37N7O3.HI/c1-2-23-21(24-10-5-16-31-18-19-6-3-17-32-19)25-11-7-20(30)28-12-14-29(15-13-28)22-26-8-4-9-27-22;/h4,8-9,19H,2-3,5-7,10-18H2,1H3,(H2,23,24,25);1H. The second-order valence-electron chi connectivity index (χ2n) is 7.92. The number of guanidine groups is 1. The van der Waals surface area contributed by atoms with Gasteiger partial charge in [-0.15, -0.1) is 24.0 Å². The van der Waals surface area contributed by atoms with Crippen LogP contribution in [0.15, 0.2) is 23.5 Å². The molecule has 2 aliphatic rings. The highest BCUT2D eigenvalue weighted by molar-refractivity contribution is 14.0. The number of piperazine rings is 1. The quantitative estimate of drug-likeness (QED) is 0.176. The number of aliphatic imine (C=N–C) groups is 1. The van der Waals surface area contributed by atoms with Crippen molar-refractivity contribution in [2.24, 2.45) is 4.99 Å². The normalized spacial score (nSPS) is 18.7. The van der Waals surface area contributed by atoms with E-state index in [2.05, 4.69) is 30.5 Å². The van der Waals surface area contributed by atoms with Crippen molar-refractivity contribution < 1.29 is 14.3 Å². The lowest BCUT2D eigenvalue weighted by Gasteiger charge is -2.34. The molecule has 3 heterocycles. The van der Waals surface area contributed by atoms with E-state index in [0.717, 1.165) is 57.4 Å². The molecule has 1 unspecified atom stereocenters. The van der Waals surface area contributed by atoms with Crippen LogP contribution < -0.4 is 15.5 Å². The van der Waals surface area contributed by atoms with E-state index in [4.69, 9.17) is 9.47 Å². The first-order valence-electron chi connectivity index (χ1n) is 11.8. The van der Waals surface area contributed by atoms with Crippen LogP contribution >= 0.6 is 24.0 Å². The Balaban J connectivity index is 0.00000385. The maximum atomic E-state index is 12.6. The zero-order chi connectivity index (χ0) is 22.4. The van der Waals surface area contributed by atoms with Crippen molar-refractivity contribution in [2.45, 2.75) is 38.7 Å². The number of anilines is 1. The van der Waals surface area contributed by atoms with Crippen LogP contribution in [0.2, 0.25) is 0 Å². The molecule has 0 aliphatic carbocycles. The number of halogens is 1. The van der Waals surface area contributed by atoms with Crippen molar-refractivity contribution in [3.05, 3.63) is 18.5 Å². The SMILES string of the molecule is CCNC(=NCCCOCC1CCCO1)NCCC(=O)N1CCN(c2ncccn2)CC1.I. The second-order valence-corrected chi connectivity index (χ2v) is 7.92. The Morgan fingerprint density at radius 3 is 2.73 bits per heavy atom. The number of hydrogen-bond acceptors (Lipinski definition) is 7. The Hall–Kier alpha value is -1.73. The van der Waals surface area contributed by atoms with Gasteiger partial charge in [-0.3, -0.25) is 9.79 Å². The monoisotopic (exact) mass is 575 g/mol. The van der Waals surface area contributed by atoms with Crippen LogP contribution in [-0.2, 0) is 14.3 Å².